The number of aliphatic hydroxyl groups excluding tert-OH is 2. The summed E-state index contributed by atoms with van der Waals surface area (Å²) < 4.78 is 0. The Morgan fingerprint density at radius 1 is 1.43 bits per heavy atom. The number of hydrogen-bond donors (Lipinski definition) is 2. The van der Waals surface area contributed by atoms with Gasteiger partial charge in [0.1, 0.15) is 0 Å². The molecular formula is C10H14ClNO2. The average Bonchev–Trinajstić information content (AvgIpc) is 2.21. The quantitative estimate of drug-likeness (QED) is 0.796. The first kappa shape index (κ1) is 11.4. The molecule has 0 spiro atoms. The third-order valence-electron chi connectivity index (χ3n) is 2.24. The number of hydrogen-bond acceptors (Lipinski definition) is 3. The number of halogens is 1. The molecule has 0 aliphatic carbocycles. The highest BCUT2D eigenvalue weighted by molar-refractivity contribution is 6.31. The Morgan fingerprint density at radius 2 is 2.07 bits per heavy atom. The van der Waals surface area contributed by atoms with E-state index >= 15 is 0 Å². The van der Waals surface area contributed by atoms with Gasteiger partial charge >= 0.3 is 0 Å². The van der Waals surface area contributed by atoms with E-state index in [-0.39, 0.29) is 13.2 Å². The van der Waals surface area contributed by atoms with Crippen LogP contribution in [0.1, 0.15) is 12.5 Å². The van der Waals surface area contributed by atoms with Gasteiger partial charge in [-0.25, -0.2) is 0 Å². The molecular weight excluding hydrogens is 202 g/mol. The smallest absolute Gasteiger partial charge is 0.0621 e. The normalized spacial score (nSPS) is 11.7. The molecule has 0 atom stereocenters. The Hall–Kier alpha value is -0.640. The summed E-state index contributed by atoms with van der Waals surface area (Å²) in [4.78, 5) is 3.87. The van der Waals surface area contributed by atoms with Crippen molar-refractivity contribution in [2.75, 3.05) is 13.2 Å². The zero-order valence-electron chi connectivity index (χ0n) is 8.07. The van der Waals surface area contributed by atoms with Gasteiger partial charge < -0.3 is 10.2 Å². The molecule has 14 heavy (non-hydrogen) atoms. The molecule has 1 rings (SSSR count). The molecule has 0 unspecified atom stereocenters. The van der Waals surface area contributed by atoms with Gasteiger partial charge in [-0.2, -0.15) is 0 Å². The molecule has 0 saturated heterocycles. The summed E-state index contributed by atoms with van der Waals surface area (Å²) in [6.45, 7) is 1.67. The van der Waals surface area contributed by atoms with Crippen molar-refractivity contribution < 1.29 is 10.2 Å². The van der Waals surface area contributed by atoms with Crippen LogP contribution in [0.3, 0.4) is 0 Å². The van der Waals surface area contributed by atoms with Gasteiger partial charge in [-0.15, -0.1) is 0 Å². The molecule has 0 aromatic carbocycles. The van der Waals surface area contributed by atoms with Crippen molar-refractivity contribution >= 4 is 11.6 Å². The Morgan fingerprint density at radius 3 is 2.57 bits per heavy atom. The highest BCUT2D eigenvalue weighted by Crippen LogP contribution is 2.25. The summed E-state index contributed by atoms with van der Waals surface area (Å²) >= 11 is 5.92. The first-order chi connectivity index (χ1) is 6.61. The van der Waals surface area contributed by atoms with Crippen molar-refractivity contribution in [1.82, 2.24) is 4.98 Å². The van der Waals surface area contributed by atoms with E-state index in [4.69, 9.17) is 21.8 Å². The molecule has 78 valence electrons. The highest BCUT2D eigenvalue weighted by atomic mass is 35.5. The number of nitrogens with zero attached hydrogens (tertiary/aromatic N) is 1. The fourth-order valence-corrected chi connectivity index (χ4v) is 1.36. The Labute approximate surface area is 88.4 Å². The minimum absolute atomic E-state index is 0.0673. The fourth-order valence-electron chi connectivity index (χ4n) is 1.17. The van der Waals surface area contributed by atoms with E-state index in [9.17, 15) is 0 Å². The molecule has 0 aliphatic heterocycles. The van der Waals surface area contributed by atoms with Crippen molar-refractivity contribution in [3.63, 3.8) is 0 Å². The van der Waals surface area contributed by atoms with Crippen molar-refractivity contribution in [2.45, 2.75) is 13.3 Å². The van der Waals surface area contributed by atoms with Crippen LogP contribution in [0.15, 0.2) is 18.5 Å². The van der Waals surface area contributed by atoms with Gasteiger partial charge in [0, 0.05) is 17.8 Å². The third kappa shape index (κ3) is 2.67. The molecule has 0 fully saturated rings. The average molecular weight is 216 g/mol. The predicted molar refractivity (Wildman–Crippen MR) is 55.2 cm³/mol. The first-order valence-corrected chi connectivity index (χ1v) is 4.79. The van der Waals surface area contributed by atoms with Gasteiger partial charge in [-0.3, -0.25) is 4.98 Å². The number of rotatable bonds is 4. The lowest BCUT2D eigenvalue weighted by molar-refractivity contribution is 0.0704. The maximum atomic E-state index is 9.12. The van der Waals surface area contributed by atoms with Crippen LogP contribution in [0.5, 0.6) is 0 Å². The van der Waals surface area contributed by atoms with Crippen LogP contribution in [0.25, 0.3) is 0 Å². The first-order valence-electron chi connectivity index (χ1n) is 4.41. The molecule has 4 heteroatoms. The summed E-state index contributed by atoms with van der Waals surface area (Å²) in [5.41, 5.74) is 0.373. The van der Waals surface area contributed by atoms with Crippen LogP contribution in [-0.2, 0) is 6.42 Å². The predicted octanol–water partition coefficient (Wildman–Crippen LogP) is 1.27. The molecule has 0 bridgehead atoms. The van der Waals surface area contributed by atoms with Gasteiger partial charge in [-0.05, 0) is 18.1 Å². The largest absolute Gasteiger partial charge is 0.396 e. The molecule has 2 N–H and O–H groups in total. The van der Waals surface area contributed by atoms with E-state index in [2.05, 4.69) is 4.98 Å². The zero-order valence-corrected chi connectivity index (χ0v) is 8.83. The minimum Gasteiger partial charge on any atom is -0.396 e. The lowest BCUT2D eigenvalue weighted by Gasteiger charge is -2.24. The van der Waals surface area contributed by atoms with E-state index in [0.717, 1.165) is 5.56 Å². The number of pyridine rings is 1. The molecule has 1 aromatic heterocycles. The van der Waals surface area contributed by atoms with E-state index in [0.29, 0.717) is 11.4 Å². The second kappa shape index (κ2) is 4.73. The van der Waals surface area contributed by atoms with Gasteiger partial charge in [0.15, 0.2) is 0 Å². The van der Waals surface area contributed by atoms with Crippen LogP contribution < -0.4 is 0 Å². The molecule has 0 radical (unpaired) electrons. The summed E-state index contributed by atoms with van der Waals surface area (Å²) in [5.74, 6) is 0. The van der Waals surface area contributed by atoms with Gasteiger partial charge in [-0.1, -0.05) is 18.5 Å². The summed E-state index contributed by atoms with van der Waals surface area (Å²) in [6.07, 6.45) is 3.75. The lowest BCUT2D eigenvalue weighted by Crippen LogP contribution is -2.28. The number of aromatic nitrogens is 1. The van der Waals surface area contributed by atoms with Crippen molar-refractivity contribution in [1.29, 1.82) is 0 Å². The van der Waals surface area contributed by atoms with Gasteiger partial charge in [0.2, 0.25) is 0 Å². The number of aliphatic hydroxyl groups is 2. The fraction of sp³-hybridized carbons (Fsp3) is 0.500. The van der Waals surface area contributed by atoms with Crippen LogP contribution in [0.2, 0.25) is 5.02 Å². The van der Waals surface area contributed by atoms with Gasteiger partial charge in [0.25, 0.3) is 0 Å². The van der Waals surface area contributed by atoms with E-state index < -0.39 is 5.41 Å². The Kier molecular flexibility index (Phi) is 3.86. The molecule has 0 aliphatic rings. The lowest BCUT2D eigenvalue weighted by atomic mass is 9.85. The molecule has 1 heterocycles. The van der Waals surface area contributed by atoms with E-state index in [1.165, 1.54) is 0 Å². The molecule has 1 aromatic rings. The standard InChI is InChI=1S/C10H14ClNO2/c1-10(6-13,7-14)4-8-2-3-12-5-9(8)11/h2-3,5,13-14H,4,6-7H2,1H3. The second-order valence-electron chi connectivity index (χ2n) is 3.77. The monoisotopic (exact) mass is 215 g/mol. The summed E-state index contributed by atoms with van der Waals surface area (Å²) in [5, 5.41) is 18.8. The van der Waals surface area contributed by atoms with Crippen LogP contribution in [-0.4, -0.2) is 28.4 Å². The van der Waals surface area contributed by atoms with Crippen molar-refractivity contribution in [3.05, 3.63) is 29.0 Å². The SMILES string of the molecule is CC(CO)(CO)Cc1ccncc1Cl. The topological polar surface area (TPSA) is 53.4 Å². The van der Waals surface area contributed by atoms with Crippen molar-refractivity contribution in [2.24, 2.45) is 5.41 Å². The van der Waals surface area contributed by atoms with Crippen LogP contribution in [0.4, 0.5) is 0 Å². The maximum Gasteiger partial charge on any atom is 0.0621 e. The maximum absolute atomic E-state index is 9.12. The second-order valence-corrected chi connectivity index (χ2v) is 4.18. The Bertz CT molecular complexity index is 300. The highest BCUT2D eigenvalue weighted by Gasteiger charge is 2.23. The van der Waals surface area contributed by atoms with Crippen molar-refractivity contribution in [3.8, 4) is 0 Å². The third-order valence-corrected chi connectivity index (χ3v) is 2.58. The molecule has 0 saturated carbocycles. The van der Waals surface area contributed by atoms with E-state index in [1.807, 2.05) is 6.92 Å². The van der Waals surface area contributed by atoms with Crippen LogP contribution >= 0.6 is 11.6 Å². The van der Waals surface area contributed by atoms with E-state index in [1.54, 1.807) is 18.5 Å². The van der Waals surface area contributed by atoms with Crippen LogP contribution in [0, 0.1) is 5.41 Å². The summed E-state index contributed by atoms with van der Waals surface area (Å²) in [7, 11) is 0. The Balaban J connectivity index is 2.82. The summed E-state index contributed by atoms with van der Waals surface area (Å²) in [6, 6.07) is 1.80. The minimum atomic E-state index is -0.523. The zero-order chi connectivity index (χ0) is 10.6. The van der Waals surface area contributed by atoms with Gasteiger partial charge in [0.05, 0.1) is 18.2 Å². The molecule has 3 nitrogen and oxygen atoms in total. The molecule has 0 amide bonds.